The van der Waals surface area contributed by atoms with Crippen molar-refractivity contribution in [3.05, 3.63) is 54.9 Å². The Morgan fingerprint density at radius 1 is 1.06 bits per heavy atom. The van der Waals surface area contributed by atoms with E-state index >= 15 is 0 Å². The highest BCUT2D eigenvalue weighted by Crippen LogP contribution is 2.35. The fourth-order valence-corrected chi connectivity index (χ4v) is 4.12. The van der Waals surface area contributed by atoms with E-state index in [1.165, 1.54) is 18.3 Å². The number of ether oxygens (including phenoxy) is 1. The zero-order valence-electron chi connectivity index (χ0n) is 18.1. The lowest BCUT2D eigenvalue weighted by Gasteiger charge is -2.15. The Morgan fingerprint density at radius 3 is 2.56 bits per heavy atom. The third kappa shape index (κ3) is 4.75. The standard InChI is InChI=1S/C22H24F3N5OSi/c1-32(2,3)11-10-31-14-29-9-7-17-16(6-8-26-21(17)29)18-13-30(22(24)25)28-20(18)19-5-4-15(23)12-27-19/h4-9,12-13,22H,10-11,14H2,1-3H3. The zero-order valence-corrected chi connectivity index (χ0v) is 19.1. The number of halogens is 3. The maximum atomic E-state index is 13.4. The average Bonchev–Trinajstić information content (AvgIpc) is 3.36. The Kier molecular flexibility index (Phi) is 6.16. The van der Waals surface area contributed by atoms with E-state index in [9.17, 15) is 13.2 Å². The Balaban J connectivity index is 1.71. The molecule has 6 nitrogen and oxygen atoms in total. The number of hydrogen-bond donors (Lipinski definition) is 0. The largest absolute Gasteiger partial charge is 0.361 e. The quantitative estimate of drug-likeness (QED) is 0.247. The minimum atomic E-state index is -2.82. The van der Waals surface area contributed by atoms with Crippen molar-refractivity contribution in [3.8, 4) is 22.5 Å². The molecule has 0 aromatic carbocycles. The molecule has 0 aliphatic rings. The molecule has 4 aromatic heterocycles. The predicted molar refractivity (Wildman–Crippen MR) is 120 cm³/mol. The van der Waals surface area contributed by atoms with Gasteiger partial charge in [0, 0.05) is 44.2 Å². The van der Waals surface area contributed by atoms with Crippen molar-refractivity contribution in [2.45, 2.75) is 39.0 Å². The minimum Gasteiger partial charge on any atom is -0.361 e. The maximum Gasteiger partial charge on any atom is 0.333 e. The molecule has 0 saturated heterocycles. The first-order valence-electron chi connectivity index (χ1n) is 10.2. The van der Waals surface area contributed by atoms with Crippen molar-refractivity contribution in [2.24, 2.45) is 0 Å². The highest BCUT2D eigenvalue weighted by atomic mass is 28.3. The molecule has 0 amide bonds. The molecular weight excluding hydrogens is 435 g/mol. The Morgan fingerprint density at radius 2 is 1.88 bits per heavy atom. The van der Waals surface area contributed by atoms with E-state index in [4.69, 9.17) is 4.74 Å². The summed E-state index contributed by atoms with van der Waals surface area (Å²) in [6.07, 6.45) is 5.80. The number of nitrogens with zero attached hydrogens (tertiary/aromatic N) is 5. The molecule has 0 spiro atoms. The second kappa shape index (κ2) is 8.87. The molecule has 0 bridgehead atoms. The van der Waals surface area contributed by atoms with Gasteiger partial charge < -0.3 is 9.30 Å². The van der Waals surface area contributed by atoms with Crippen molar-refractivity contribution in [1.82, 2.24) is 24.3 Å². The molecule has 0 unspecified atom stereocenters. The van der Waals surface area contributed by atoms with Gasteiger partial charge in [-0.15, -0.1) is 0 Å². The normalized spacial score (nSPS) is 12.2. The molecule has 0 aliphatic carbocycles. The Labute approximate surface area is 184 Å². The van der Waals surface area contributed by atoms with Crippen LogP contribution in [0.1, 0.15) is 6.55 Å². The number of hydrogen-bond acceptors (Lipinski definition) is 4. The molecule has 0 aliphatic heterocycles. The second-order valence-corrected chi connectivity index (χ2v) is 14.4. The van der Waals surface area contributed by atoms with Gasteiger partial charge in [0.15, 0.2) is 0 Å². The van der Waals surface area contributed by atoms with Crippen LogP contribution in [0.2, 0.25) is 25.7 Å². The first-order valence-corrected chi connectivity index (χ1v) is 13.9. The van der Waals surface area contributed by atoms with E-state index in [-0.39, 0.29) is 5.69 Å². The van der Waals surface area contributed by atoms with Crippen LogP contribution in [0.3, 0.4) is 0 Å². The summed E-state index contributed by atoms with van der Waals surface area (Å²) >= 11 is 0. The van der Waals surface area contributed by atoms with E-state index in [1.807, 2.05) is 16.8 Å². The molecule has 0 fully saturated rings. The molecule has 4 rings (SSSR count). The van der Waals surface area contributed by atoms with Gasteiger partial charge in [-0.2, -0.15) is 13.9 Å². The Hall–Kier alpha value is -2.98. The lowest BCUT2D eigenvalue weighted by molar-refractivity contribution is 0.0569. The summed E-state index contributed by atoms with van der Waals surface area (Å²) < 4.78 is 48.5. The highest BCUT2D eigenvalue weighted by Gasteiger charge is 2.20. The summed E-state index contributed by atoms with van der Waals surface area (Å²) in [6.45, 7) is 5.10. The SMILES string of the molecule is C[Si](C)(C)CCOCn1ccc2c(-c3cn(C(F)F)nc3-c3ccc(F)cn3)ccnc21. The van der Waals surface area contributed by atoms with Gasteiger partial charge in [-0.1, -0.05) is 19.6 Å². The third-order valence-corrected chi connectivity index (χ3v) is 6.79. The zero-order chi connectivity index (χ0) is 22.9. The van der Waals surface area contributed by atoms with Crippen LogP contribution in [0.15, 0.2) is 49.1 Å². The second-order valence-electron chi connectivity index (χ2n) is 8.74. The van der Waals surface area contributed by atoms with E-state index < -0.39 is 20.4 Å². The number of alkyl halides is 2. The van der Waals surface area contributed by atoms with Crippen LogP contribution in [-0.2, 0) is 11.5 Å². The van der Waals surface area contributed by atoms with Crippen LogP contribution in [0.5, 0.6) is 0 Å². The van der Waals surface area contributed by atoms with Crippen molar-refractivity contribution in [2.75, 3.05) is 6.61 Å². The first-order chi connectivity index (χ1) is 15.2. The number of pyridine rings is 2. The lowest BCUT2D eigenvalue weighted by atomic mass is 10.0. The smallest absolute Gasteiger partial charge is 0.333 e. The lowest BCUT2D eigenvalue weighted by Crippen LogP contribution is -2.22. The van der Waals surface area contributed by atoms with E-state index in [1.54, 1.807) is 12.3 Å². The fraction of sp³-hybridized carbons (Fsp3) is 0.318. The fourth-order valence-electron chi connectivity index (χ4n) is 3.36. The number of rotatable bonds is 8. The molecule has 0 N–H and O–H groups in total. The van der Waals surface area contributed by atoms with Gasteiger partial charge in [-0.05, 0) is 35.9 Å². The Bertz CT molecular complexity index is 1210. The van der Waals surface area contributed by atoms with Crippen LogP contribution in [-0.4, -0.2) is 39.0 Å². The van der Waals surface area contributed by atoms with Gasteiger partial charge >= 0.3 is 6.55 Å². The van der Waals surface area contributed by atoms with Crippen molar-refractivity contribution >= 4 is 19.1 Å². The summed E-state index contributed by atoms with van der Waals surface area (Å²) in [4.78, 5) is 8.49. The molecule has 4 heterocycles. The maximum absolute atomic E-state index is 13.4. The summed E-state index contributed by atoms with van der Waals surface area (Å²) in [7, 11) is -1.18. The van der Waals surface area contributed by atoms with Crippen molar-refractivity contribution < 1.29 is 17.9 Å². The van der Waals surface area contributed by atoms with Gasteiger partial charge in [0.1, 0.15) is 23.9 Å². The molecule has 0 atom stereocenters. The van der Waals surface area contributed by atoms with Gasteiger partial charge in [0.2, 0.25) is 0 Å². The van der Waals surface area contributed by atoms with Crippen LogP contribution in [0.4, 0.5) is 13.2 Å². The van der Waals surface area contributed by atoms with E-state index in [0.717, 1.165) is 17.6 Å². The monoisotopic (exact) mass is 459 g/mol. The predicted octanol–water partition coefficient (Wildman–Crippen LogP) is 5.81. The molecule has 10 heteroatoms. The summed E-state index contributed by atoms with van der Waals surface area (Å²) in [5, 5.41) is 4.79. The minimum absolute atomic E-state index is 0.247. The van der Waals surface area contributed by atoms with Gasteiger partial charge in [-0.3, -0.25) is 4.98 Å². The van der Waals surface area contributed by atoms with Crippen LogP contribution >= 0.6 is 0 Å². The molecule has 168 valence electrons. The summed E-state index contributed by atoms with van der Waals surface area (Å²) in [6, 6.07) is 7.34. The van der Waals surface area contributed by atoms with Crippen LogP contribution in [0, 0.1) is 5.82 Å². The highest BCUT2D eigenvalue weighted by molar-refractivity contribution is 6.76. The molecule has 4 aromatic rings. The number of aromatic nitrogens is 5. The first kappa shape index (κ1) is 22.2. The van der Waals surface area contributed by atoms with Gasteiger partial charge in [0.05, 0.1) is 11.9 Å². The average molecular weight is 460 g/mol. The molecule has 0 saturated carbocycles. The molecule has 0 radical (unpaired) electrons. The van der Waals surface area contributed by atoms with Crippen molar-refractivity contribution in [3.63, 3.8) is 0 Å². The summed E-state index contributed by atoms with van der Waals surface area (Å²) in [5.74, 6) is -0.513. The van der Waals surface area contributed by atoms with Gasteiger partial charge in [0.25, 0.3) is 0 Å². The van der Waals surface area contributed by atoms with Gasteiger partial charge in [-0.25, -0.2) is 14.1 Å². The van der Waals surface area contributed by atoms with Crippen LogP contribution in [0.25, 0.3) is 33.5 Å². The summed E-state index contributed by atoms with van der Waals surface area (Å²) in [5.41, 5.74) is 2.38. The van der Waals surface area contributed by atoms with E-state index in [2.05, 4.69) is 34.7 Å². The van der Waals surface area contributed by atoms with E-state index in [0.29, 0.717) is 40.5 Å². The van der Waals surface area contributed by atoms with Crippen LogP contribution < -0.4 is 0 Å². The molecule has 32 heavy (non-hydrogen) atoms. The third-order valence-electron chi connectivity index (χ3n) is 5.08. The topological polar surface area (TPSA) is 57.8 Å². The van der Waals surface area contributed by atoms with Crippen molar-refractivity contribution in [1.29, 1.82) is 0 Å². The molecular formula is C22H24F3N5OSi. The number of fused-ring (bicyclic) bond motifs is 1.